The van der Waals surface area contributed by atoms with Gasteiger partial charge in [-0.05, 0) is 63.5 Å². The number of carbonyl (C=O) groups excluding carboxylic acids is 7. The maximum atomic E-state index is 14.6. The minimum Gasteiger partial charge on any atom is -0.370 e. The van der Waals surface area contributed by atoms with Gasteiger partial charge < -0.3 is 60.2 Å². The molecule has 3 heterocycles. The van der Waals surface area contributed by atoms with Gasteiger partial charge in [-0.15, -0.1) is 5.10 Å². The first kappa shape index (κ1) is 56.3. The van der Waals surface area contributed by atoms with Crippen LogP contribution in [0.1, 0.15) is 95.0 Å². The summed E-state index contributed by atoms with van der Waals surface area (Å²) >= 11 is 0. The highest BCUT2D eigenvalue weighted by molar-refractivity contribution is 5.97. The molecule has 0 saturated heterocycles. The third-order valence-corrected chi connectivity index (χ3v) is 12.1. The van der Waals surface area contributed by atoms with Gasteiger partial charge in [0.25, 0.3) is 0 Å². The summed E-state index contributed by atoms with van der Waals surface area (Å²) in [5.74, 6) is -6.25. The maximum absolute atomic E-state index is 14.6. The number of primary amides is 1. The van der Waals surface area contributed by atoms with Gasteiger partial charge in [-0.2, -0.15) is 0 Å². The first-order chi connectivity index (χ1) is 33.9. The van der Waals surface area contributed by atoms with Crippen molar-refractivity contribution in [2.45, 2.75) is 134 Å². The predicted molar refractivity (Wildman–Crippen MR) is 265 cm³/mol. The summed E-state index contributed by atoms with van der Waals surface area (Å²) in [5, 5.41) is 22.9. The van der Waals surface area contributed by atoms with Crippen LogP contribution in [0.4, 0.5) is 0 Å². The number of fused-ring (bicyclic) bond motifs is 2. The van der Waals surface area contributed by atoms with Crippen LogP contribution in [0.2, 0.25) is 0 Å². The summed E-state index contributed by atoms with van der Waals surface area (Å²) in [7, 11) is 1.63. The Kier molecular flexibility index (Phi) is 23.1. The number of nitrogens with two attached hydrogens (primary N) is 5. The van der Waals surface area contributed by atoms with Gasteiger partial charge in [-0.25, -0.2) is 4.98 Å². The Labute approximate surface area is 413 Å². The monoisotopic (exact) mass is 988 g/mol. The summed E-state index contributed by atoms with van der Waals surface area (Å²) in [4.78, 5) is 114. The van der Waals surface area contributed by atoms with E-state index in [0.717, 1.165) is 0 Å². The molecule has 5 amide bonds. The summed E-state index contributed by atoms with van der Waals surface area (Å²) in [5.41, 5.74) is 29.8. The number of likely N-dealkylation sites (N-methyl/N-ethyl adjacent to an activating group) is 1. The van der Waals surface area contributed by atoms with E-state index in [4.69, 9.17) is 28.7 Å². The molecule has 4 rings (SSSR count). The van der Waals surface area contributed by atoms with Crippen molar-refractivity contribution in [3.05, 3.63) is 66.0 Å². The van der Waals surface area contributed by atoms with Crippen LogP contribution in [-0.4, -0.2) is 128 Å². The van der Waals surface area contributed by atoms with Crippen LogP contribution in [0.3, 0.4) is 0 Å². The molecule has 16 N–H and O–H groups in total. The van der Waals surface area contributed by atoms with Crippen molar-refractivity contribution in [2.24, 2.45) is 56.4 Å². The van der Waals surface area contributed by atoms with Gasteiger partial charge in [0.2, 0.25) is 29.5 Å². The molecule has 0 spiro atoms. The molecule has 7 atom stereocenters. The number of guanidine groups is 2. The second kappa shape index (κ2) is 29.1. The van der Waals surface area contributed by atoms with Crippen molar-refractivity contribution in [2.75, 3.05) is 20.1 Å². The van der Waals surface area contributed by atoms with Crippen molar-refractivity contribution in [1.82, 2.24) is 51.5 Å². The zero-order chi connectivity index (χ0) is 51.9. The average Bonchev–Trinajstić information content (AvgIpc) is 4.02. The maximum Gasteiger partial charge on any atom is 0.243 e. The Morgan fingerprint density at radius 1 is 0.761 bits per heavy atom. The molecule has 3 aromatic rings. The Morgan fingerprint density at radius 3 is 2.00 bits per heavy atom. The number of hydrogen-bond donors (Lipinski definition) is 11. The molecule has 2 bridgehead atoms. The standard InChI is InChI=1S/C47H73N17O7/c1-28(2)19-36-40(66)21-30(41(48)67)13-7-8-18-64-26-33(62-63-64)24-35(53-3)39(65)22-31(14-9-16-55-46(49)50)42(68)60-38(23-32-25-54-27-57-32)45(71)61-37(20-29-11-5-4-6-12-29)44(70)58-34(43(69)59-36)15-10-17-56-47(51)52/h4-6,11-12,25-28,30-31,34-38,53H,7-10,13-24H2,1-3H3,(H2,48,67)(H,54,57)(H,58,70)(H,59,69)(H,60,68)(H,61,71)(H4,49,50,55)(H4,51,52,56)/t30-,31+,34-,35+,36-,37-,38-/m1/s1. The van der Waals surface area contributed by atoms with E-state index >= 15 is 0 Å². The highest BCUT2D eigenvalue weighted by atomic mass is 16.2. The van der Waals surface area contributed by atoms with Crippen LogP contribution in [0.15, 0.2) is 59.0 Å². The topological polar surface area (TPSA) is 394 Å². The molecule has 0 fully saturated rings. The molecule has 388 valence electrons. The lowest BCUT2D eigenvalue weighted by atomic mass is 9.90. The van der Waals surface area contributed by atoms with Crippen molar-refractivity contribution in [3.8, 4) is 0 Å². The Balaban J connectivity index is 1.77. The van der Waals surface area contributed by atoms with E-state index in [0.29, 0.717) is 49.2 Å². The predicted octanol–water partition coefficient (Wildman–Crippen LogP) is -1.47. The highest BCUT2D eigenvalue weighted by Crippen LogP contribution is 2.20. The van der Waals surface area contributed by atoms with Crippen LogP contribution in [0.25, 0.3) is 0 Å². The average molecular weight is 988 g/mol. The summed E-state index contributed by atoms with van der Waals surface area (Å²) in [6, 6.07) is 3.22. The number of Topliss-reactive ketones (excluding diaryl/α,β-unsaturated/α-hetero) is 2. The minimum atomic E-state index is -1.31. The third-order valence-electron chi connectivity index (χ3n) is 12.1. The van der Waals surface area contributed by atoms with Crippen LogP contribution < -0.4 is 55.3 Å². The molecule has 1 aromatic carbocycles. The molecule has 0 aliphatic carbocycles. The van der Waals surface area contributed by atoms with Crippen molar-refractivity contribution < 1.29 is 33.6 Å². The fourth-order valence-corrected chi connectivity index (χ4v) is 8.28. The fraction of sp³-hybridized carbons (Fsp3) is 0.574. The number of aryl methyl sites for hydroxylation is 1. The largest absolute Gasteiger partial charge is 0.370 e. The van der Waals surface area contributed by atoms with E-state index in [-0.39, 0.29) is 94.5 Å². The number of nitrogens with zero attached hydrogens (tertiary/aromatic N) is 6. The molecule has 1 aliphatic rings. The first-order valence-corrected chi connectivity index (χ1v) is 24.2. The van der Waals surface area contributed by atoms with Gasteiger partial charge in [-0.3, -0.25) is 48.2 Å². The van der Waals surface area contributed by atoms with Crippen LogP contribution >= 0.6 is 0 Å². The number of aliphatic imine (C=N–C) groups is 2. The fourth-order valence-electron chi connectivity index (χ4n) is 8.28. The molecule has 0 saturated carbocycles. The summed E-state index contributed by atoms with van der Waals surface area (Å²) in [6.07, 6.45) is 6.57. The SMILES string of the molecule is CN[C@H]1Cc2cn(nn2)CCCC[C@@H](C(N)=O)CC(=O)[C@@H](CC(C)C)NC(=O)[C@@H](CCCN=C(N)N)NC(=O)[C@@H](Cc2ccccc2)NC(=O)[C@@H](Cc2cnc[nH]2)NC(=O)[C@@H](CCCN=C(N)N)CC1=O. The number of ketones is 2. The number of aromatic nitrogens is 5. The number of H-pyrrole nitrogens is 1. The van der Waals surface area contributed by atoms with E-state index in [1.807, 2.05) is 13.8 Å². The molecular formula is C47H73N17O7. The molecule has 71 heavy (non-hydrogen) atoms. The lowest BCUT2D eigenvalue weighted by Crippen LogP contribution is -2.59. The van der Waals surface area contributed by atoms with Gasteiger partial charge >= 0.3 is 0 Å². The molecule has 0 unspecified atom stereocenters. The van der Waals surface area contributed by atoms with Crippen LogP contribution in [0.5, 0.6) is 0 Å². The normalized spacial score (nSPS) is 22.8. The number of amides is 5. The van der Waals surface area contributed by atoms with Gasteiger partial charge in [0.05, 0.1) is 24.1 Å². The van der Waals surface area contributed by atoms with Crippen molar-refractivity contribution in [1.29, 1.82) is 0 Å². The van der Waals surface area contributed by atoms with Gasteiger partial charge in [0.1, 0.15) is 18.1 Å². The highest BCUT2D eigenvalue weighted by Gasteiger charge is 2.35. The lowest BCUT2D eigenvalue weighted by Gasteiger charge is -2.28. The Morgan fingerprint density at radius 2 is 1.38 bits per heavy atom. The molecule has 24 nitrogen and oxygen atoms in total. The van der Waals surface area contributed by atoms with Gasteiger partial charge in [-0.1, -0.05) is 55.8 Å². The first-order valence-electron chi connectivity index (χ1n) is 24.2. The smallest absolute Gasteiger partial charge is 0.243 e. The zero-order valence-corrected chi connectivity index (χ0v) is 41.0. The van der Waals surface area contributed by atoms with E-state index in [2.05, 4.69) is 56.8 Å². The number of nitrogens with one attached hydrogen (secondary N) is 6. The number of imidazole rings is 1. The quantitative estimate of drug-likeness (QED) is 0.0443. The van der Waals surface area contributed by atoms with Gasteiger partial charge in [0.15, 0.2) is 23.5 Å². The number of benzene rings is 1. The number of carbonyl (C=O) groups is 7. The Hall–Kier alpha value is -7.24. The Bertz CT molecular complexity index is 2260. The zero-order valence-electron chi connectivity index (χ0n) is 41.0. The van der Waals surface area contributed by atoms with Crippen LogP contribution in [-0.2, 0) is 59.4 Å². The van der Waals surface area contributed by atoms with Crippen molar-refractivity contribution in [3.63, 3.8) is 0 Å². The molecule has 2 aromatic heterocycles. The lowest BCUT2D eigenvalue weighted by molar-refractivity contribution is -0.135. The third kappa shape index (κ3) is 20.0. The number of aromatic amines is 1. The second-order valence-electron chi connectivity index (χ2n) is 18.4. The van der Waals surface area contributed by atoms with Crippen LogP contribution in [0, 0.1) is 17.8 Å². The molecular weight excluding hydrogens is 915 g/mol. The molecule has 1 aliphatic heterocycles. The van der Waals surface area contributed by atoms with Gasteiger partial charge in [0, 0.05) is 81.7 Å². The van der Waals surface area contributed by atoms with Crippen molar-refractivity contribution >= 4 is 53.0 Å². The van der Waals surface area contributed by atoms with E-state index < -0.39 is 77.4 Å². The van der Waals surface area contributed by atoms with E-state index in [1.165, 1.54) is 12.5 Å². The molecule has 24 heteroatoms. The van der Waals surface area contributed by atoms with E-state index in [1.54, 1.807) is 48.3 Å². The molecule has 0 radical (unpaired) electrons. The number of rotatable bonds is 16. The second-order valence-corrected chi connectivity index (χ2v) is 18.4. The minimum absolute atomic E-state index is 0.0241. The van der Waals surface area contributed by atoms with E-state index in [9.17, 15) is 33.6 Å². The summed E-state index contributed by atoms with van der Waals surface area (Å²) in [6.45, 7) is 4.49. The number of hydrogen-bond acceptors (Lipinski definition) is 13. The summed E-state index contributed by atoms with van der Waals surface area (Å²) < 4.78 is 1.62.